The van der Waals surface area contributed by atoms with Crippen LogP contribution in [0.25, 0.3) is 10.3 Å². The number of thiazole rings is 1. The van der Waals surface area contributed by atoms with Crippen LogP contribution >= 0.6 is 11.3 Å². The van der Waals surface area contributed by atoms with Gasteiger partial charge in [-0.2, -0.15) is 0 Å². The summed E-state index contributed by atoms with van der Waals surface area (Å²) < 4.78 is 10.5. The molecule has 1 aromatic carbocycles. The van der Waals surface area contributed by atoms with Gasteiger partial charge in [0.25, 0.3) is 0 Å². The summed E-state index contributed by atoms with van der Waals surface area (Å²) in [6.07, 6.45) is 1.76. The van der Waals surface area contributed by atoms with Crippen molar-refractivity contribution in [3.63, 3.8) is 0 Å². The van der Waals surface area contributed by atoms with Gasteiger partial charge in [-0.25, -0.2) is 9.97 Å². The molecule has 1 N–H and O–H groups in total. The molecule has 3 aromatic rings. The molecular weight excluding hydrogens is 274 g/mol. The Morgan fingerprint density at radius 2 is 2.05 bits per heavy atom. The molecule has 20 heavy (non-hydrogen) atoms. The third-order valence-corrected chi connectivity index (χ3v) is 3.71. The molecule has 0 saturated heterocycles. The van der Waals surface area contributed by atoms with Gasteiger partial charge in [0.05, 0.1) is 19.9 Å². The first-order valence-corrected chi connectivity index (χ1v) is 6.82. The van der Waals surface area contributed by atoms with Crippen LogP contribution in [0.4, 0.5) is 10.8 Å². The number of fused-ring (bicyclic) bond motifs is 1. The lowest BCUT2D eigenvalue weighted by molar-refractivity contribution is 0.395. The normalized spacial score (nSPS) is 10.5. The standard InChI is InChI=1S/C14H13N3O2S/c1-18-9-5-6-10(12(8-9)19-2)16-14-17-11-4-3-7-15-13(11)20-14/h3-8H,1-2H3,(H,16,17). The molecule has 2 aromatic heterocycles. The summed E-state index contributed by atoms with van der Waals surface area (Å²) in [5.41, 5.74) is 1.72. The van der Waals surface area contributed by atoms with E-state index in [1.807, 2.05) is 30.3 Å². The Balaban J connectivity index is 1.93. The number of nitrogens with one attached hydrogen (secondary N) is 1. The summed E-state index contributed by atoms with van der Waals surface area (Å²) in [4.78, 5) is 9.67. The van der Waals surface area contributed by atoms with Crippen LogP contribution in [0.5, 0.6) is 11.5 Å². The first kappa shape index (κ1) is 12.7. The Morgan fingerprint density at radius 3 is 2.80 bits per heavy atom. The quantitative estimate of drug-likeness (QED) is 0.796. The maximum absolute atomic E-state index is 5.35. The number of benzene rings is 1. The zero-order valence-electron chi connectivity index (χ0n) is 11.1. The van der Waals surface area contributed by atoms with Gasteiger partial charge in [-0.15, -0.1) is 0 Å². The van der Waals surface area contributed by atoms with Crippen molar-refractivity contribution in [2.45, 2.75) is 0 Å². The fourth-order valence-corrected chi connectivity index (χ4v) is 2.66. The van der Waals surface area contributed by atoms with Gasteiger partial charge in [-0.3, -0.25) is 0 Å². The predicted molar refractivity (Wildman–Crippen MR) is 80.2 cm³/mol. The smallest absolute Gasteiger partial charge is 0.189 e. The number of aromatic nitrogens is 2. The van der Waals surface area contributed by atoms with E-state index in [4.69, 9.17) is 9.47 Å². The number of hydrogen-bond acceptors (Lipinski definition) is 6. The predicted octanol–water partition coefficient (Wildman–Crippen LogP) is 3.45. The zero-order chi connectivity index (χ0) is 13.9. The van der Waals surface area contributed by atoms with Crippen LogP contribution in [-0.4, -0.2) is 24.2 Å². The van der Waals surface area contributed by atoms with Crippen molar-refractivity contribution >= 4 is 32.5 Å². The molecule has 102 valence electrons. The van der Waals surface area contributed by atoms with E-state index in [1.165, 1.54) is 11.3 Å². The highest BCUT2D eigenvalue weighted by atomic mass is 32.1. The van der Waals surface area contributed by atoms with Gasteiger partial charge in [0.15, 0.2) is 5.13 Å². The molecule has 0 aliphatic heterocycles. The van der Waals surface area contributed by atoms with Gasteiger partial charge < -0.3 is 14.8 Å². The molecule has 0 radical (unpaired) electrons. The molecule has 0 aliphatic carbocycles. The van der Waals surface area contributed by atoms with E-state index in [0.29, 0.717) is 5.75 Å². The summed E-state index contributed by atoms with van der Waals surface area (Å²) in [7, 11) is 3.25. The summed E-state index contributed by atoms with van der Waals surface area (Å²) in [6, 6.07) is 9.41. The molecule has 6 heteroatoms. The van der Waals surface area contributed by atoms with Crippen LogP contribution in [0.1, 0.15) is 0 Å². The van der Waals surface area contributed by atoms with E-state index in [1.54, 1.807) is 20.4 Å². The van der Waals surface area contributed by atoms with Gasteiger partial charge in [0, 0.05) is 12.3 Å². The lowest BCUT2D eigenvalue weighted by Crippen LogP contribution is -1.95. The topological polar surface area (TPSA) is 56.3 Å². The first-order chi connectivity index (χ1) is 9.80. The Labute approximate surface area is 120 Å². The number of rotatable bonds is 4. The van der Waals surface area contributed by atoms with Crippen LogP contribution in [0.3, 0.4) is 0 Å². The highest BCUT2D eigenvalue weighted by Gasteiger charge is 2.09. The second-order valence-corrected chi connectivity index (χ2v) is 5.02. The highest BCUT2D eigenvalue weighted by Crippen LogP contribution is 2.33. The minimum absolute atomic E-state index is 0.705. The maximum atomic E-state index is 5.35. The average molecular weight is 287 g/mol. The second-order valence-electron chi connectivity index (χ2n) is 4.04. The molecule has 0 amide bonds. The zero-order valence-corrected chi connectivity index (χ0v) is 11.9. The van der Waals surface area contributed by atoms with E-state index in [0.717, 1.165) is 26.9 Å². The van der Waals surface area contributed by atoms with Gasteiger partial charge in [-0.1, -0.05) is 11.3 Å². The monoisotopic (exact) mass is 287 g/mol. The van der Waals surface area contributed by atoms with Crippen LogP contribution in [0.15, 0.2) is 36.5 Å². The van der Waals surface area contributed by atoms with Crippen molar-refractivity contribution in [1.82, 2.24) is 9.97 Å². The molecule has 0 unspecified atom stereocenters. The summed E-state index contributed by atoms with van der Waals surface area (Å²) in [5, 5.41) is 4.03. The second kappa shape index (κ2) is 5.34. The number of hydrogen-bond donors (Lipinski definition) is 1. The van der Waals surface area contributed by atoms with E-state index in [9.17, 15) is 0 Å². The summed E-state index contributed by atoms with van der Waals surface area (Å²) in [6.45, 7) is 0. The third-order valence-electron chi connectivity index (χ3n) is 2.82. The molecule has 0 spiro atoms. The Morgan fingerprint density at radius 1 is 1.15 bits per heavy atom. The number of pyridine rings is 1. The molecule has 0 bridgehead atoms. The van der Waals surface area contributed by atoms with Gasteiger partial charge in [0.2, 0.25) is 0 Å². The molecule has 5 nitrogen and oxygen atoms in total. The number of methoxy groups -OCH3 is 2. The minimum atomic E-state index is 0.705. The van der Waals surface area contributed by atoms with E-state index >= 15 is 0 Å². The first-order valence-electron chi connectivity index (χ1n) is 6.01. The number of ether oxygens (including phenoxy) is 2. The molecule has 2 heterocycles. The molecule has 0 atom stereocenters. The minimum Gasteiger partial charge on any atom is -0.497 e. The van der Waals surface area contributed by atoms with Crippen molar-refractivity contribution in [3.05, 3.63) is 36.5 Å². The highest BCUT2D eigenvalue weighted by molar-refractivity contribution is 7.21. The number of nitrogens with zero attached hydrogens (tertiary/aromatic N) is 2. The Bertz CT molecular complexity index is 709. The third kappa shape index (κ3) is 2.37. The Kier molecular flexibility index (Phi) is 3.39. The van der Waals surface area contributed by atoms with Crippen molar-refractivity contribution < 1.29 is 9.47 Å². The fraction of sp³-hybridized carbons (Fsp3) is 0.143. The maximum Gasteiger partial charge on any atom is 0.189 e. The SMILES string of the molecule is COc1ccc(Nc2nc3cccnc3s2)c(OC)c1. The van der Waals surface area contributed by atoms with Gasteiger partial charge >= 0.3 is 0 Å². The lowest BCUT2D eigenvalue weighted by Gasteiger charge is -2.10. The largest absolute Gasteiger partial charge is 0.497 e. The van der Waals surface area contributed by atoms with E-state index in [2.05, 4.69) is 15.3 Å². The summed E-state index contributed by atoms with van der Waals surface area (Å²) >= 11 is 1.50. The fourth-order valence-electron chi connectivity index (χ4n) is 1.84. The molecule has 0 fully saturated rings. The Hall–Kier alpha value is -2.34. The van der Waals surface area contributed by atoms with Crippen molar-refractivity contribution in [2.75, 3.05) is 19.5 Å². The van der Waals surface area contributed by atoms with E-state index < -0.39 is 0 Å². The molecule has 0 aliphatic rings. The van der Waals surface area contributed by atoms with Crippen LogP contribution in [0.2, 0.25) is 0 Å². The lowest BCUT2D eigenvalue weighted by atomic mass is 10.3. The van der Waals surface area contributed by atoms with Crippen molar-refractivity contribution in [2.24, 2.45) is 0 Å². The molecule has 3 rings (SSSR count). The van der Waals surface area contributed by atoms with Crippen LogP contribution in [-0.2, 0) is 0 Å². The van der Waals surface area contributed by atoms with Crippen LogP contribution in [0, 0.1) is 0 Å². The van der Waals surface area contributed by atoms with Gasteiger partial charge in [0.1, 0.15) is 21.8 Å². The number of anilines is 2. The molecule has 0 saturated carbocycles. The van der Waals surface area contributed by atoms with Crippen LogP contribution < -0.4 is 14.8 Å². The van der Waals surface area contributed by atoms with Crippen molar-refractivity contribution in [3.8, 4) is 11.5 Å². The van der Waals surface area contributed by atoms with Crippen molar-refractivity contribution in [1.29, 1.82) is 0 Å². The summed E-state index contributed by atoms with van der Waals surface area (Å²) in [5.74, 6) is 1.45. The van der Waals surface area contributed by atoms with Gasteiger partial charge in [-0.05, 0) is 24.3 Å². The van der Waals surface area contributed by atoms with E-state index in [-0.39, 0.29) is 0 Å². The average Bonchev–Trinajstić information content (AvgIpc) is 2.90. The molecular formula is C14H13N3O2S.